The van der Waals surface area contributed by atoms with E-state index in [4.69, 9.17) is 0 Å². The van der Waals surface area contributed by atoms with E-state index in [9.17, 15) is 9.18 Å². The fourth-order valence-electron chi connectivity index (χ4n) is 1.52. The van der Waals surface area contributed by atoms with E-state index in [-0.39, 0.29) is 11.8 Å². The zero-order valence-electron chi connectivity index (χ0n) is 8.10. The Morgan fingerprint density at radius 2 is 2.21 bits per heavy atom. The molecule has 2 rings (SSSR count). The molecular weight excluding hydrogens is 183 g/mol. The molecule has 4 heteroatoms. The first-order valence-corrected chi connectivity index (χ1v) is 4.39. The van der Waals surface area contributed by atoms with Gasteiger partial charge in [-0.2, -0.15) is 0 Å². The van der Waals surface area contributed by atoms with Crippen LogP contribution in [0.25, 0.3) is 0 Å². The minimum Gasteiger partial charge on any atom is -0.323 e. The van der Waals surface area contributed by atoms with Crippen molar-refractivity contribution in [3.63, 3.8) is 0 Å². The second-order valence-electron chi connectivity index (χ2n) is 3.52. The van der Waals surface area contributed by atoms with Crippen molar-refractivity contribution in [2.45, 2.75) is 13.5 Å². The number of carbonyl (C=O) groups excluding carboxylic acids is 1. The Bertz CT molecular complexity index is 403. The molecule has 0 aromatic heterocycles. The van der Waals surface area contributed by atoms with Crippen LogP contribution in [-0.4, -0.2) is 18.0 Å². The summed E-state index contributed by atoms with van der Waals surface area (Å²) in [6.45, 7) is 2.14. The number of aryl methyl sites for hydroxylation is 1. The standard InChI is InChI=1S/C10H11FN2O/c1-6-3-4-7-5-13(2)10(14)12-9(7)8(6)11/h3-4H,5H2,1-2H3,(H,12,14). The molecule has 1 N–H and O–H groups in total. The number of amides is 2. The van der Waals surface area contributed by atoms with E-state index in [0.717, 1.165) is 5.56 Å². The highest BCUT2D eigenvalue weighted by Gasteiger charge is 2.22. The predicted octanol–water partition coefficient (Wildman–Crippen LogP) is 2.11. The van der Waals surface area contributed by atoms with Crippen molar-refractivity contribution in [3.05, 3.63) is 29.1 Å². The van der Waals surface area contributed by atoms with Gasteiger partial charge in [0, 0.05) is 13.6 Å². The van der Waals surface area contributed by atoms with Crippen molar-refractivity contribution in [2.24, 2.45) is 0 Å². The molecule has 0 saturated heterocycles. The molecule has 0 fully saturated rings. The first kappa shape index (κ1) is 8.99. The van der Waals surface area contributed by atoms with Crippen molar-refractivity contribution in [2.75, 3.05) is 12.4 Å². The molecule has 1 aliphatic heterocycles. The number of hydrogen-bond acceptors (Lipinski definition) is 1. The van der Waals surface area contributed by atoms with E-state index in [1.165, 1.54) is 4.90 Å². The fourth-order valence-corrected chi connectivity index (χ4v) is 1.52. The van der Waals surface area contributed by atoms with E-state index in [1.54, 1.807) is 20.0 Å². The molecule has 1 heterocycles. The van der Waals surface area contributed by atoms with Gasteiger partial charge in [-0.1, -0.05) is 12.1 Å². The Morgan fingerprint density at radius 1 is 1.50 bits per heavy atom. The highest BCUT2D eigenvalue weighted by molar-refractivity contribution is 5.92. The Labute approximate surface area is 81.5 Å². The molecule has 0 aliphatic carbocycles. The molecule has 14 heavy (non-hydrogen) atoms. The van der Waals surface area contributed by atoms with Crippen LogP contribution in [0.3, 0.4) is 0 Å². The monoisotopic (exact) mass is 194 g/mol. The molecule has 2 amide bonds. The minimum absolute atomic E-state index is 0.262. The van der Waals surface area contributed by atoms with E-state index in [0.29, 0.717) is 17.8 Å². The van der Waals surface area contributed by atoms with Crippen molar-refractivity contribution in [1.82, 2.24) is 4.90 Å². The van der Waals surface area contributed by atoms with Gasteiger partial charge in [0.25, 0.3) is 0 Å². The zero-order valence-corrected chi connectivity index (χ0v) is 8.10. The number of anilines is 1. The van der Waals surface area contributed by atoms with Crippen LogP contribution in [0.15, 0.2) is 12.1 Å². The summed E-state index contributed by atoms with van der Waals surface area (Å²) in [6, 6.07) is 3.30. The van der Waals surface area contributed by atoms with Crippen LogP contribution >= 0.6 is 0 Å². The second kappa shape index (κ2) is 2.97. The lowest BCUT2D eigenvalue weighted by molar-refractivity contribution is 0.218. The molecule has 0 bridgehead atoms. The lowest BCUT2D eigenvalue weighted by Crippen LogP contribution is -2.36. The van der Waals surface area contributed by atoms with Crippen LogP contribution in [0.4, 0.5) is 14.9 Å². The van der Waals surface area contributed by atoms with Crippen LogP contribution in [-0.2, 0) is 6.54 Å². The maximum Gasteiger partial charge on any atom is 0.321 e. The third-order valence-electron chi connectivity index (χ3n) is 2.41. The normalized spacial score (nSPS) is 15.1. The number of nitrogens with one attached hydrogen (secondary N) is 1. The Hall–Kier alpha value is -1.58. The number of benzene rings is 1. The van der Waals surface area contributed by atoms with Crippen LogP contribution in [0, 0.1) is 12.7 Å². The van der Waals surface area contributed by atoms with Crippen LogP contribution < -0.4 is 5.32 Å². The molecule has 1 aromatic carbocycles. The summed E-state index contributed by atoms with van der Waals surface area (Å²) >= 11 is 0. The lowest BCUT2D eigenvalue weighted by Gasteiger charge is -2.26. The van der Waals surface area contributed by atoms with E-state index in [1.807, 2.05) is 6.07 Å². The summed E-state index contributed by atoms with van der Waals surface area (Å²) in [6.07, 6.45) is 0. The Morgan fingerprint density at radius 3 is 2.93 bits per heavy atom. The van der Waals surface area contributed by atoms with Gasteiger partial charge in [0.1, 0.15) is 5.82 Å². The SMILES string of the molecule is Cc1ccc2c(c1F)NC(=O)N(C)C2. The number of carbonyl (C=O) groups is 1. The third-order valence-corrected chi connectivity index (χ3v) is 2.41. The van der Waals surface area contributed by atoms with Gasteiger partial charge in [0.15, 0.2) is 0 Å². The van der Waals surface area contributed by atoms with Gasteiger partial charge in [-0.3, -0.25) is 0 Å². The molecule has 0 saturated carbocycles. The number of hydrogen-bond donors (Lipinski definition) is 1. The summed E-state index contributed by atoms with van der Waals surface area (Å²) < 4.78 is 13.6. The van der Waals surface area contributed by atoms with E-state index >= 15 is 0 Å². The summed E-state index contributed by atoms with van der Waals surface area (Å²) in [5, 5.41) is 2.53. The van der Waals surface area contributed by atoms with Gasteiger partial charge >= 0.3 is 6.03 Å². The van der Waals surface area contributed by atoms with Crippen molar-refractivity contribution in [3.8, 4) is 0 Å². The fraction of sp³-hybridized carbons (Fsp3) is 0.300. The maximum atomic E-state index is 13.6. The van der Waals surface area contributed by atoms with Gasteiger partial charge < -0.3 is 10.2 Å². The summed E-state index contributed by atoms with van der Waals surface area (Å²) in [5.74, 6) is -0.330. The average molecular weight is 194 g/mol. The summed E-state index contributed by atoms with van der Waals surface area (Å²) in [5.41, 5.74) is 1.69. The van der Waals surface area contributed by atoms with Crippen LogP contribution in [0.2, 0.25) is 0 Å². The average Bonchev–Trinajstić information content (AvgIpc) is 2.15. The largest absolute Gasteiger partial charge is 0.323 e. The van der Waals surface area contributed by atoms with Gasteiger partial charge in [-0.05, 0) is 18.1 Å². The quantitative estimate of drug-likeness (QED) is 0.674. The van der Waals surface area contributed by atoms with Gasteiger partial charge in [0.05, 0.1) is 5.69 Å². The van der Waals surface area contributed by atoms with E-state index < -0.39 is 0 Å². The molecule has 1 aromatic rings. The smallest absolute Gasteiger partial charge is 0.321 e. The molecule has 0 spiro atoms. The second-order valence-corrected chi connectivity index (χ2v) is 3.52. The topological polar surface area (TPSA) is 32.3 Å². The number of nitrogens with zero attached hydrogens (tertiary/aromatic N) is 1. The molecule has 1 aliphatic rings. The Balaban J connectivity index is 2.52. The van der Waals surface area contributed by atoms with Crippen molar-refractivity contribution in [1.29, 1.82) is 0 Å². The molecule has 0 atom stereocenters. The van der Waals surface area contributed by atoms with E-state index in [2.05, 4.69) is 5.32 Å². The minimum atomic E-state index is -0.330. The van der Waals surface area contributed by atoms with Gasteiger partial charge in [-0.25, -0.2) is 9.18 Å². The maximum absolute atomic E-state index is 13.6. The van der Waals surface area contributed by atoms with Crippen molar-refractivity contribution >= 4 is 11.7 Å². The first-order valence-electron chi connectivity index (χ1n) is 4.39. The molecule has 0 radical (unpaired) electrons. The highest BCUT2D eigenvalue weighted by atomic mass is 19.1. The zero-order chi connectivity index (χ0) is 10.3. The van der Waals surface area contributed by atoms with Gasteiger partial charge in [-0.15, -0.1) is 0 Å². The Kier molecular flexibility index (Phi) is 1.91. The third kappa shape index (κ3) is 1.23. The number of fused-ring (bicyclic) bond motifs is 1. The summed E-state index contributed by atoms with van der Waals surface area (Å²) in [4.78, 5) is 12.8. The van der Waals surface area contributed by atoms with Crippen LogP contribution in [0.5, 0.6) is 0 Å². The number of urea groups is 1. The molecule has 74 valence electrons. The predicted molar refractivity (Wildman–Crippen MR) is 51.6 cm³/mol. The highest BCUT2D eigenvalue weighted by Crippen LogP contribution is 2.27. The van der Waals surface area contributed by atoms with Crippen molar-refractivity contribution < 1.29 is 9.18 Å². The molecular formula is C10H11FN2O. The number of halogens is 1. The molecule has 0 unspecified atom stereocenters. The number of rotatable bonds is 0. The van der Waals surface area contributed by atoms with Gasteiger partial charge in [0.2, 0.25) is 0 Å². The summed E-state index contributed by atoms with van der Waals surface area (Å²) in [7, 11) is 1.68. The molecule has 3 nitrogen and oxygen atoms in total. The lowest BCUT2D eigenvalue weighted by atomic mass is 10.1. The van der Waals surface area contributed by atoms with Crippen LogP contribution in [0.1, 0.15) is 11.1 Å². The first-order chi connectivity index (χ1) is 6.59.